The Morgan fingerprint density at radius 1 is 0.875 bits per heavy atom. The molecular weight excluding hydrogens is 300 g/mol. The van der Waals surface area contributed by atoms with Crippen LogP contribution >= 0.6 is 0 Å². The van der Waals surface area contributed by atoms with Gasteiger partial charge in [0.15, 0.2) is 11.6 Å². The quantitative estimate of drug-likeness (QED) is 0.760. The van der Waals surface area contributed by atoms with Crippen LogP contribution in [0, 0.1) is 0 Å². The summed E-state index contributed by atoms with van der Waals surface area (Å²) < 4.78 is 0. The van der Waals surface area contributed by atoms with Gasteiger partial charge in [0.05, 0.1) is 16.9 Å². The average Bonchev–Trinajstić information content (AvgIpc) is 2.61. The van der Waals surface area contributed by atoms with Crippen molar-refractivity contribution in [2.75, 3.05) is 5.32 Å². The predicted octanol–water partition coefficient (Wildman–Crippen LogP) is 3.39. The maximum atomic E-state index is 12.9. The summed E-state index contributed by atoms with van der Waals surface area (Å²) in [6.07, 6.45) is 5.65. The first-order chi connectivity index (χ1) is 11.7. The lowest BCUT2D eigenvalue weighted by atomic mass is 9.83. The van der Waals surface area contributed by atoms with Crippen LogP contribution in [0.4, 0.5) is 5.69 Å². The summed E-state index contributed by atoms with van der Waals surface area (Å²) in [7, 11) is 0. The fourth-order valence-electron chi connectivity index (χ4n) is 3.20. The highest BCUT2D eigenvalue weighted by Crippen LogP contribution is 2.33. The standard InChI is InChI=1S/C20H16N2O2/c21-15-9-3-4-10-16(15)22-17-11-5-8-14-18(17)20(24)13-7-2-1-6-12(13)19(14)23/h1-2,4-8,10-11,22H,3,9,21H2. The third kappa shape index (κ3) is 2.15. The van der Waals surface area contributed by atoms with E-state index in [9.17, 15) is 9.59 Å². The van der Waals surface area contributed by atoms with Gasteiger partial charge in [0.2, 0.25) is 0 Å². The van der Waals surface area contributed by atoms with Crippen molar-refractivity contribution < 1.29 is 9.59 Å². The zero-order valence-electron chi connectivity index (χ0n) is 13.0. The van der Waals surface area contributed by atoms with E-state index in [2.05, 4.69) is 5.32 Å². The number of nitrogens with one attached hydrogen (secondary N) is 1. The molecule has 0 fully saturated rings. The molecule has 3 N–H and O–H groups in total. The fourth-order valence-corrected chi connectivity index (χ4v) is 3.20. The average molecular weight is 316 g/mol. The molecule has 4 heteroatoms. The smallest absolute Gasteiger partial charge is 0.196 e. The number of benzene rings is 2. The van der Waals surface area contributed by atoms with Gasteiger partial charge in [-0.2, -0.15) is 0 Å². The molecule has 0 spiro atoms. The Bertz CT molecular complexity index is 938. The molecule has 0 radical (unpaired) electrons. The monoisotopic (exact) mass is 316 g/mol. The molecule has 4 rings (SSSR count). The summed E-state index contributed by atoms with van der Waals surface area (Å²) in [6.45, 7) is 0. The van der Waals surface area contributed by atoms with Crippen molar-refractivity contribution in [1.82, 2.24) is 0 Å². The Labute approximate surface area is 139 Å². The molecule has 2 aromatic rings. The topological polar surface area (TPSA) is 72.2 Å². The Balaban J connectivity index is 1.84. The first-order valence-electron chi connectivity index (χ1n) is 7.90. The molecule has 2 aliphatic carbocycles. The molecule has 24 heavy (non-hydrogen) atoms. The number of rotatable bonds is 2. The van der Waals surface area contributed by atoms with Crippen molar-refractivity contribution in [3.8, 4) is 0 Å². The summed E-state index contributed by atoms with van der Waals surface area (Å²) in [5.74, 6) is -0.257. The van der Waals surface area contributed by atoms with E-state index in [0.29, 0.717) is 27.9 Å². The van der Waals surface area contributed by atoms with Gasteiger partial charge in [0, 0.05) is 22.4 Å². The summed E-state index contributed by atoms with van der Waals surface area (Å²) in [5, 5.41) is 3.24. The van der Waals surface area contributed by atoms with E-state index in [0.717, 1.165) is 24.2 Å². The predicted molar refractivity (Wildman–Crippen MR) is 93.0 cm³/mol. The maximum Gasteiger partial charge on any atom is 0.196 e. The highest BCUT2D eigenvalue weighted by Gasteiger charge is 2.31. The number of ketones is 2. The second kappa shape index (κ2) is 5.49. The van der Waals surface area contributed by atoms with E-state index in [1.54, 1.807) is 42.5 Å². The third-order valence-corrected chi connectivity index (χ3v) is 4.43. The molecule has 0 aliphatic heterocycles. The van der Waals surface area contributed by atoms with E-state index < -0.39 is 0 Å². The molecule has 0 bridgehead atoms. The van der Waals surface area contributed by atoms with Crippen molar-refractivity contribution in [1.29, 1.82) is 0 Å². The SMILES string of the molecule is NC1=C(Nc2cccc3c2C(=O)c2ccccc2C3=O)C=CCC1. The Hall–Kier alpha value is -3.14. The zero-order valence-corrected chi connectivity index (χ0v) is 13.0. The van der Waals surface area contributed by atoms with Gasteiger partial charge in [-0.15, -0.1) is 0 Å². The summed E-state index contributed by atoms with van der Waals surface area (Å²) in [5.41, 5.74) is 9.97. The Morgan fingerprint density at radius 3 is 2.33 bits per heavy atom. The van der Waals surface area contributed by atoms with Gasteiger partial charge < -0.3 is 11.1 Å². The first-order valence-corrected chi connectivity index (χ1v) is 7.90. The molecule has 2 aliphatic rings. The number of carbonyl (C=O) groups is 2. The van der Waals surface area contributed by atoms with Crippen LogP contribution in [0.2, 0.25) is 0 Å². The molecule has 0 amide bonds. The molecule has 0 heterocycles. The van der Waals surface area contributed by atoms with Crippen LogP contribution in [0.1, 0.15) is 44.7 Å². The lowest BCUT2D eigenvalue weighted by Gasteiger charge is -2.22. The lowest BCUT2D eigenvalue weighted by molar-refractivity contribution is 0.0979. The zero-order chi connectivity index (χ0) is 16.7. The number of nitrogens with two attached hydrogens (primary N) is 1. The molecule has 0 unspecified atom stereocenters. The summed E-state index contributed by atoms with van der Waals surface area (Å²) in [6, 6.07) is 12.2. The van der Waals surface area contributed by atoms with Crippen molar-refractivity contribution in [2.45, 2.75) is 12.8 Å². The number of allylic oxidation sites excluding steroid dienone is 3. The molecule has 0 saturated heterocycles. The maximum absolute atomic E-state index is 12.9. The van der Waals surface area contributed by atoms with E-state index in [1.165, 1.54) is 0 Å². The van der Waals surface area contributed by atoms with Gasteiger partial charge in [0.1, 0.15) is 0 Å². The normalized spacial score (nSPS) is 16.0. The van der Waals surface area contributed by atoms with Gasteiger partial charge in [-0.1, -0.05) is 42.5 Å². The van der Waals surface area contributed by atoms with E-state index in [4.69, 9.17) is 5.73 Å². The summed E-state index contributed by atoms with van der Waals surface area (Å²) in [4.78, 5) is 25.7. The van der Waals surface area contributed by atoms with E-state index in [-0.39, 0.29) is 11.6 Å². The largest absolute Gasteiger partial charge is 0.400 e. The number of anilines is 1. The van der Waals surface area contributed by atoms with Crippen LogP contribution < -0.4 is 11.1 Å². The minimum atomic E-state index is -0.137. The third-order valence-electron chi connectivity index (χ3n) is 4.43. The van der Waals surface area contributed by atoms with Crippen molar-refractivity contribution in [2.24, 2.45) is 5.73 Å². The van der Waals surface area contributed by atoms with E-state index >= 15 is 0 Å². The van der Waals surface area contributed by atoms with E-state index in [1.807, 2.05) is 12.2 Å². The van der Waals surface area contributed by atoms with Crippen LogP contribution in [-0.2, 0) is 0 Å². The lowest BCUT2D eigenvalue weighted by Crippen LogP contribution is -2.23. The van der Waals surface area contributed by atoms with Gasteiger partial charge in [-0.25, -0.2) is 0 Å². The number of carbonyl (C=O) groups excluding carboxylic acids is 2. The van der Waals surface area contributed by atoms with Gasteiger partial charge in [0.25, 0.3) is 0 Å². The van der Waals surface area contributed by atoms with Crippen molar-refractivity contribution in [3.63, 3.8) is 0 Å². The number of hydrogen-bond donors (Lipinski definition) is 2. The Morgan fingerprint density at radius 2 is 1.58 bits per heavy atom. The fraction of sp³-hybridized carbons (Fsp3) is 0.100. The minimum absolute atomic E-state index is 0.120. The van der Waals surface area contributed by atoms with Crippen molar-refractivity contribution >= 4 is 17.3 Å². The summed E-state index contributed by atoms with van der Waals surface area (Å²) >= 11 is 0. The van der Waals surface area contributed by atoms with Crippen LogP contribution in [0.15, 0.2) is 66.0 Å². The van der Waals surface area contributed by atoms with Crippen LogP contribution in [0.5, 0.6) is 0 Å². The molecule has 0 atom stereocenters. The second-order valence-corrected chi connectivity index (χ2v) is 5.94. The molecule has 0 aromatic heterocycles. The molecule has 2 aromatic carbocycles. The van der Waals surface area contributed by atoms with Gasteiger partial charge >= 0.3 is 0 Å². The van der Waals surface area contributed by atoms with Crippen LogP contribution in [0.3, 0.4) is 0 Å². The number of hydrogen-bond acceptors (Lipinski definition) is 4. The van der Waals surface area contributed by atoms with Gasteiger partial charge in [-0.05, 0) is 25.0 Å². The molecular formula is C20H16N2O2. The van der Waals surface area contributed by atoms with Crippen molar-refractivity contribution in [3.05, 3.63) is 88.3 Å². The highest BCUT2D eigenvalue weighted by atomic mass is 16.1. The second-order valence-electron chi connectivity index (χ2n) is 5.94. The van der Waals surface area contributed by atoms with Crippen LogP contribution in [-0.4, -0.2) is 11.6 Å². The molecule has 4 nitrogen and oxygen atoms in total. The number of fused-ring (bicyclic) bond motifs is 2. The first kappa shape index (κ1) is 14.5. The highest BCUT2D eigenvalue weighted by molar-refractivity contribution is 6.30. The van der Waals surface area contributed by atoms with Gasteiger partial charge in [-0.3, -0.25) is 9.59 Å². The Kier molecular flexibility index (Phi) is 3.31. The molecule has 118 valence electrons. The van der Waals surface area contributed by atoms with Crippen LogP contribution in [0.25, 0.3) is 0 Å². The minimum Gasteiger partial charge on any atom is -0.400 e. The molecule has 0 saturated carbocycles.